The van der Waals surface area contributed by atoms with Crippen LogP contribution < -0.4 is 4.43 Å². The zero-order valence-corrected chi connectivity index (χ0v) is 21.9. The number of unbranched alkanes of at least 4 members (excludes halogenated alkanes) is 5. The summed E-state index contributed by atoms with van der Waals surface area (Å²) in [5.74, 6) is -11.3. The predicted octanol–water partition coefficient (Wildman–Crippen LogP) is 9.55. The van der Waals surface area contributed by atoms with E-state index >= 15 is 8.78 Å². The van der Waals surface area contributed by atoms with E-state index in [2.05, 4.69) is 6.92 Å². The van der Waals surface area contributed by atoms with Crippen LogP contribution in [0.5, 0.6) is 5.75 Å². The van der Waals surface area contributed by atoms with Gasteiger partial charge in [-0.05, 0) is 17.1 Å². The molecule has 0 saturated heterocycles. The lowest BCUT2D eigenvalue weighted by atomic mass is 10.1. The molecular formula is C28H32F6OSi. The minimum absolute atomic E-state index is 0.0707. The highest BCUT2D eigenvalue weighted by Crippen LogP contribution is 2.41. The summed E-state index contributed by atoms with van der Waals surface area (Å²) in [4.78, 5) is 0. The second-order valence-electron chi connectivity index (χ2n) is 9.68. The van der Waals surface area contributed by atoms with E-state index in [1.54, 1.807) is 0 Å². The van der Waals surface area contributed by atoms with Gasteiger partial charge in [-0.1, -0.05) is 89.6 Å². The lowest BCUT2D eigenvalue weighted by molar-refractivity contribution is 0.405. The molecule has 0 N–H and O–H groups in total. The molecule has 0 spiro atoms. The van der Waals surface area contributed by atoms with Crippen molar-refractivity contribution < 1.29 is 30.8 Å². The first-order valence-electron chi connectivity index (χ1n) is 12.5. The summed E-state index contributed by atoms with van der Waals surface area (Å²) in [5, 5.41) is -2.56. The molecule has 1 atom stereocenters. The van der Waals surface area contributed by atoms with E-state index < -0.39 is 59.7 Å². The van der Waals surface area contributed by atoms with Crippen LogP contribution in [0.1, 0.15) is 64.9 Å². The SMILES string of the molecule is CCCCCCCC[Si](Cc1ccccc1)(Oc1c(F)c(F)c2c(F)cc(F)c(F)c2c1F)C(C)C. The molecule has 0 amide bonds. The number of hydrogen-bond donors (Lipinski definition) is 0. The van der Waals surface area contributed by atoms with Gasteiger partial charge in [0.05, 0.1) is 10.8 Å². The molecule has 1 nitrogen and oxygen atoms in total. The first-order valence-corrected chi connectivity index (χ1v) is 14.9. The molecule has 0 radical (unpaired) electrons. The Morgan fingerprint density at radius 3 is 2.00 bits per heavy atom. The van der Waals surface area contributed by atoms with Crippen molar-refractivity contribution in [3.05, 3.63) is 76.9 Å². The van der Waals surface area contributed by atoms with Crippen molar-refractivity contribution in [3.8, 4) is 5.75 Å². The standard InChI is InChI=1S/C28H32F6OSi/c1-4-5-6-7-8-12-15-36(18(2)3,17-19-13-10-9-11-14-19)35-28-26(33)23-22(25(32)27(28)34)20(29)16-21(30)24(23)31/h9-11,13-14,16,18H,4-8,12,15,17H2,1-3H3. The molecule has 3 aromatic carbocycles. The molecule has 3 rings (SSSR count). The number of halogens is 6. The van der Waals surface area contributed by atoms with Crippen molar-refractivity contribution >= 4 is 19.1 Å². The van der Waals surface area contributed by atoms with Gasteiger partial charge in [0.15, 0.2) is 29.0 Å². The first-order chi connectivity index (χ1) is 17.1. The third kappa shape index (κ3) is 5.90. The maximum Gasteiger partial charge on any atom is 0.258 e. The third-order valence-electron chi connectivity index (χ3n) is 6.86. The van der Waals surface area contributed by atoms with Crippen LogP contribution in [-0.2, 0) is 6.04 Å². The van der Waals surface area contributed by atoms with E-state index in [0.717, 1.165) is 44.1 Å². The largest absolute Gasteiger partial charge is 0.539 e. The van der Waals surface area contributed by atoms with Crippen molar-refractivity contribution in [1.82, 2.24) is 0 Å². The van der Waals surface area contributed by atoms with Crippen molar-refractivity contribution in [2.24, 2.45) is 0 Å². The topological polar surface area (TPSA) is 9.23 Å². The van der Waals surface area contributed by atoms with Gasteiger partial charge in [-0.15, -0.1) is 0 Å². The van der Waals surface area contributed by atoms with E-state index in [-0.39, 0.29) is 11.6 Å². The second kappa shape index (κ2) is 12.2. The number of benzene rings is 3. The smallest absolute Gasteiger partial charge is 0.258 e. The Bertz CT molecular complexity index is 1180. The van der Waals surface area contributed by atoms with Crippen LogP contribution in [0.3, 0.4) is 0 Å². The Morgan fingerprint density at radius 2 is 1.36 bits per heavy atom. The Balaban J connectivity index is 2.09. The van der Waals surface area contributed by atoms with Gasteiger partial charge in [0, 0.05) is 12.1 Å². The van der Waals surface area contributed by atoms with E-state index in [1.165, 1.54) is 0 Å². The van der Waals surface area contributed by atoms with Gasteiger partial charge in [-0.25, -0.2) is 22.0 Å². The molecule has 0 bridgehead atoms. The van der Waals surface area contributed by atoms with E-state index in [1.807, 2.05) is 44.2 Å². The van der Waals surface area contributed by atoms with Crippen LogP contribution >= 0.6 is 0 Å². The van der Waals surface area contributed by atoms with Crippen LogP contribution in [0.4, 0.5) is 26.3 Å². The van der Waals surface area contributed by atoms with E-state index in [9.17, 15) is 17.6 Å². The lowest BCUT2D eigenvalue weighted by Gasteiger charge is -2.36. The second-order valence-corrected chi connectivity index (χ2v) is 14.0. The predicted molar refractivity (Wildman–Crippen MR) is 134 cm³/mol. The minimum Gasteiger partial charge on any atom is -0.539 e. The van der Waals surface area contributed by atoms with Crippen LogP contribution in [0.25, 0.3) is 10.8 Å². The van der Waals surface area contributed by atoms with Crippen molar-refractivity contribution in [2.75, 3.05) is 0 Å². The molecule has 0 aliphatic rings. The van der Waals surface area contributed by atoms with Crippen molar-refractivity contribution in [1.29, 1.82) is 0 Å². The summed E-state index contributed by atoms with van der Waals surface area (Å²) in [6, 6.07) is 10.3. The monoisotopic (exact) mass is 526 g/mol. The quantitative estimate of drug-likeness (QED) is 0.0988. The van der Waals surface area contributed by atoms with Crippen LogP contribution in [0, 0.1) is 34.9 Å². The maximum absolute atomic E-state index is 15.5. The Hall–Kier alpha value is -2.48. The van der Waals surface area contributed by atoms with E-state index in [0.29, 0.717) is 12.1 Å². The summed E-state index contributed by atoms with van der Waals surface area (Å²) < 4.78 is 94.3. The molecule has 0 saturated carbocycles. The van der Waals surface area contributed by atoms with Crippen molar-refractivity contribution in [3.63, 3.8) is 0 Å². The van der Waals surface area contributed by atoms with Crippen molar-refractivity contribution in [2.45, 2.75) is 76.9 Å². The summed E-state index contributed by atoms with van der Waals surface area (Å²) in [7, 11) is -3.10. The zero-order chi connectivity index (χ0) is 26.5. The molecule has 0 fully saturated rings. The molecule has 196 valence electrons. The molecule has 3 aromatic rings. The fraction of sp³-hybridized carbons (Fsp3) is 0.429. The molecular weight excluding hydrogens is 494 g/mol. The Labute approximate surface area is 209 Å². The highest BCUT2D eigenvalue weighted by atomic mass is 28.4. The number of fused-ring (bicyclic) bond motifs is 1. The molecule has 36 heavy (non-hydrogen) atoms. The van der Waals surface area contributed by atoms with Gasteiger partial charge < -0.3 is 4.43 Å². The van der Waals surface area contributed by atoms with Gasteiger partial charge >= 0.3 is 0 Å². The average molecular weight is 527 g/mol. The molecule has 8 heteroatoms. The fourth-order valence-electron chi connectivity index (χ4n) is 4.66. The summed E-state index contributed by atoms with van der Waals surface area (Å²) >= 11 is 0. The molecule has 1 unspecified atom stereocenters. The minimum atomic E-state index is -3.10. The average Bonchev–Trinajstić information content (AvgIpc) is 2.85. The van der Waals surface area contributed by atoms with Gasteiger partial charge in [0.25, 0.3) is 8.32 Å². The van der Waals surface area contributed by atoms with Gasteiger partial charge in [-0.3, -0.25) is 0 Å². The van der Waals surface area contributed by atoms with Crippen LogP contribution in [0.15, 0.2) is 36.4 Å². The summed E-state index contributed by atoms with van der Waals surface area (Å²) in [6.45, 7) is 5.90. The fourth-order valence-corrected chi connectivity index (χ4v) is 8.59. The summed E-state index contributed by atoms with van der Waals surface area (Å²) in [6.07, 6.45) is 5.98. The molecule has 0 aromatic heterocycles. The normalized spacial score (nSPS) is 13.4. The highest BCUT2D eigenvalue weighted by Gasteiger charge is 2.43. The number of hydrogen-bond acceptors (Lipinski definition) is 1. The number of rotatable bonds is 12. The molecule has 0 aliphatic heterocycles. The highest BCUT2D eigenvalue weighted by molar-refractivity contribution is 6.75. The molecule has 0 aliphatic carbocycles. The third-order valence-corrected chi connectivity index (χ3v) is 11.8. The zero-order valence-electron chi connectivity index (χ0n) is 20.9. The summed E-state index contributed by atoms with van der Waals surface area (Å²) in [5.41, 5.74) is 0.745. The lowest BCUT2D eigenvalue weighted by Crippen LogP contribution is -2.48. The van der Waals surface area contributed by atoms with Crippen LogP contribution in [0.2, 0.25) is 11.6 Å². The van der Waals surface area contributed by atoms with E-state index in [4.69, 9.17) is 4.43 Å². The van der Waals surface area contributed by atoms with Gasteiger partial charge in [-0.2, -0.15) is 4.39 Å². The van der Waals surface area contributed by atoms with Gasteiger partial charge in [0.1, 0.15) is 5.82 Å². The van der Waals surface area contributed by atoms with Crippen LogP contribution in [-0.4, -0.2) is 8.32 Å². The first kappa shape index (κ1) is 28.1. The van der Waals surface area contributed by atoms with Gasteiger partial charge in [0.2, 0.25) is 5.82 Å². The molecule has 0 heterocycles. The maximum atomic E-state index is 15.5. The Kier molecular flexibility index (Phi) is 9.50. The Morgan fingerprint density at radius 1 is 0.722 bits per heavy atom.